The Kier molecular flexibility index (Phi) is 29.8. The molecule has 13 aromatic rings. The zero-order valence-corrected chi connectivity index (χ0v) is 82.8. The maximum atomic E-state index is 13.7. The van der Waals surface area contributed by atoms with E-state index in [-0.39, 0.29) is 17.6 Å². The number of likely N-dealkylation sites (N-methyl/N-ethyl adjacent to an activating group) is 1. The van der Waals surface area contributed by atoms with Gasteiger partial charge in [0.25, 0.3) is 5.91 Å². The van der Waals surface area contributed by atoms with E-state index in [9.17, 15) is 17.6 Å². The van der Waals surface area contributed by atoms with Gasteiger partial charge in [-0.3, -0.25) is 19.5 Å². The minimum Gasteiger partial charge on any atom is -0.381 e. The van der Waals surface area contributed by atoms with Crippen molar-refractivity contribution in [2.75, 3.05) is 117 Å². The number of nitrogens with zero attached hydrogens (tertiary/aromatic N) is 8. The smallest absolute Gasteiger partial charge is 0.253 e. The van der Waals surface area contributed by atoms with Gasteiger partial charge in [-0.25, -0.2) is 22.8 Å². The molecule has 0 aliphatic carbocycles. The van der Waals surface area contributed by atoms with E-state index in [1.807, 2.05) is 59.8 Å². The number of benzene rings is 12. The molecule has 0 saturated carbocycles. The number of hydrogen-bond acceptors (Lipinski definition) is 15. The summed E-state index contributed by atoms with van der Waals surface area (Å²) in [6.07, 6.45) is 19.5. The average molecular weight is 1890 g/mol. The van der Waals surface area contributed by atoms with Crippen LogP contribution in [0.5, 0.6) is 0 Å². The van der Waals surface area contributed by atoms with Gasteiger partial charge in [0.15, 0.2) is 0 Å². The predicted molar refractivity (Wildman–Crippen MR) is 571 cm³/mol. The van der Waals surface area contributed by atoms with Crippen LogP contribution in [0, 0.1) is 33.5 Å². The number of carbonyl (C=O) groups is 1. The van der Waals surface area contributed by atoms with Crippen LogP contribution in [-0.2, 0) is 29.7 Å². The summed E-state index contributed by atoms with van der Waals surface area (Å²) < 4.78 is 41.4. The Labute approximate surface area is 829 Å². The highest BCUT2D eigenvalue weighted by Gasteiger charge is 2.43. The maximum Gasteiger partial charge on any atom is 0.253 e. The molecule has 12 aliphatic heterocycles. The van der Waals surface area contributed by atoms with Crippen molar-refractivity contribution in [2.24, 2.45) is 0 Å². The molecule has 140 heavy (non-hydrogen) atoms. The number of nitrogens with one attached hydrogen (secondary N) is 6. The number of sulfonamides is 1. The van der Waals surface area contributed by atoms with Crippen molar-refractivity contribution in [3.63, 3.8) is 0 Å². The number of anilines is 6. The first kappa shape index (κ1) is 95.2. The third-order valence-electron chi connectivity index (χ3n) is 31.4. The van der Waals surface area contributed by atoms with Gasteiger partial charge in [-0.15, -0.1) is 0 Å². The van der Waals surface area contributed by atoms with Crippen molar-refractivity contribution in [2.45, 2.75) is 201 Å². The van der Waals surface area contributed by atoms with E-state index < -0.39 is 10.0 Å². The van der Waals surface area contributed by atoms with Crippen molar-refractivity contribution in [1.82, 2.24) is 38.8 Å². The molecule has 6 N–H and O–H groups in total. The Morgan fingerprint density at radius 2 is 0.657 bits per heavy atom. The summed E-state index contributed by atoms with van der Waals surface area (Å²) in [5, 5.41) is 22.2. The van der Waals surface area contributed by atoms with Crippen molar-refractivity contribution < 1.29 is 17.6 Å². The molecule has 722 valence electrons. The standard InChI is InChI=1S/C25H25FN2.C23H24N4.C20H22N2O.C20H24N2.C19H22N2O2S.C14H20N2/c26-21-9-4-8-19(14-21)20-11-12-25-22(15-20)23-17-28(13-5-10-24(23)27-25)16-18-6-2-1-3-7-18;1-2-5-17(6-3-1)14-27-10-4-7-22-21(15-27)20-11-18(8-9-23(20)26-22)19-12-24-16-25-13-19;1-14-9-10-19-16(12-14)17-13-22(11-5-8-18(17)21-19)20(23)15-6-3-2-4-7-15;1-15-9-10-20-17(12-15)18-14-22(11-5-8-19(18)21-20)13-16-6-3-2-4-7-16;1-14-9-10-19-16(12-14)17-13-21(11-5-8-18(17)20-19)24(22,23)15-6-3-2-4-7-15;1-10-5-6-14-11(8-10)12-9-16(2)7-3-4-13(12)15-14/h1-4,6-9,11-12,14-15,23-24,27H,5,10,13,16-17H2;1-3,5-6,8-9,11-13,16,21-22,26H,4,7,10,14-15H2;2-4,6-7,9-10,12,17-18,21H,5,8,11,13H2,1H3;2-4,6-7,9-10,12,18-19,21H,5,8,11,13-14H2,1H3;2-4,6-7,9-10,12,17-18,20H,5,8,11,13H2,1H3;5-6,8,12-13,15H,3-4,7,9H2,1-2H3/t23-,24+;21-,22+;17-,18+;18-,19+;17-,18+;12-,13+/m000000/s1. The van der Waals surface area contributed by atoms with E-state index in [2.05, 4.69) is 296 Å². The fraction of sp³-hybridized carbons (Fsp3) is 0.364. The number of halogens is 1. The van der Waals surface area contributed by atoms with Crippen LogP contribution in [0.25, 0.3) is 22.3 Å². The molecule has 0 radical (unpaired) electrons. The number of fused-ring (bicyclic) bond motifs is 18. The summed E-state index contributed by atoms with van der Waals surface area (Å²) in [5.74, 6) is 2.96. The number of likely N-dealkylation sites (tertiary alicyclic amines) is 5. The number of aryl methyl sites for hydroxylation is 4. The van der Waals surface area contributed by atoms with Gasteiger partial charge < -0.3 is 41.7 Å². The van der Waals surface area contributed by atoms with E-state index >= 15 is 0 Å². The highest BCUT2D eigenvalue weighted by atomic mass is 32.2. The lowest BCUT2D eigenvalue weighted by Gasteiger charge is -2.25. The van der Waals surface area contributed by atoms with Crippen molar-refractivity contribution in [3.8, 4) is 22.3 Å². The predicted octanol–water partition coefficient (Wildman–Crippen LogP) is 23.9. The van der Waals surface area contributed by atoms with Crippen molar-refractivity contribution in [1.29, 1.82) is 0 Å². The summed E-state index contributed by atoms with van der Waals surface area (Å²) >= 11 is 0. The monoisotopic (exact) mass is 1890 g/mol. The first-order chi connectivity index (χ1) is 68.4. The van der Waals surface area contributed by atoms with Crippen LogP contribution < -0.4 is 31.9 Å². The van der Waals surface area contributed by atoms with Crippen LogP contribution in [0.15, 0.2) is 309 Å². The molecule has 25 rings (SSSR count). The summed E-state index contributed by atoms with van der Waals surface area (Å²) in [4.78, 5) is 33.9. The van der Waals surface area contributed by atoms with Crippen molar-refractivity contribution >= 4 is 50.1 Å². The fourth-order valence-corrected chi connectivity index (χ4v) is 25.8. The van der Waals surface area contributed by atoms with Crippen LogP contribution in [0.1, 0.15) is 195 Å². The summed E-state index contributed by atoms with van der Waals surface area (Å²) in [6.45, 7) is 23.8. The maximum absolute atomic E-state index is 13.7. The molecule has 0 bridgehead atoms. The van der Waals surface area contributed by atoms with Gasteiger partial charge in [-0.1, -0.05) is 222 Å². The molecule has 6 saturated heterocycles. The molecular weight excluding hydrogens is 1750 g/mol. The molecule has 1 amide bonds. The van der Waals surface area contributed by atoms with Crippen LogP contribution in [0.4, 0.5) is 38.5 Å². The average Bonchev–Trinajstić information content (AvgIpc) is 1.64. The van der Waals surface area contributed by atoms with Crippen LogP contribution >= 0.6 is 0 Å². The van der Waals surface area contributed by atoms with E-state index in [1.165, 1.54) is 191 Å². The molecule has 12 aromatic carbocycles. The molecule has 6 fully saturated rings. The molecule has 13 heterocycles. The second kappa shape index (κ2) is 43.8. The van der Waals surface area contributed by atoms with Gasteiger partial charge in [-0.05, 0) is 290 Å². The zero-order chi connectivity index (χ0) is 95.6. The molecule has 12 atom stereocenters. The topological polar surface area (TPSA) is 169 Å². The summed E-state index contributed by atoms with van der Waals surface area (Å²) in [6, 6.07) is 101. The minimum absolute atomic E-state index is 0.160. The lowest BCUT2D eigenvalue weighted by molar-refractivity contribution is 0.0754. The van der Waals surface area contributed by atoms with Crippen molar-refractivity contribution in [3.05, 3.63) is 388 Å². The van der Waals surface area contributed by atoms with Gasteiger partial charge >= 0.3 is 0 Å². The Balaban J connectivity index is 0.000000104. The largest absolute Gasteiger partial charge is 0.381 e. The Hall–Kier alpha value is -12.3. The van der Waals surface area contributed by atoms with Crippen LogP contribution in [0.3, 0.4) is 0 Å². The molecule has 12 aliphatic rings. The highest BCUT2D eigenvalue weighted by Crippen LogP contribution is 2.49. The number of carbonyl (C=O) groups excluding carboxylic acids is 1. The van der Waals surface area contributed by atoms with Gasteiger partial charge in [0.1, 0.15) is 12.1 Å². The highest BCUT2D eigenvalue weighted by molar-refractivity contribution is 7.89. The van der Waals surface area contributed by atoms with Crippen LogP contribution in [-0.4, -0.2) is 175 Å². The first-order valence-electron chi connectivity index (χ1n) is 51.6. The van der Waals surface area contributed by atoms with Gasteiger partial charge in [0.2, 0.25) is 10.0 Å². The first-order valence-corrected chi connectivity index (χ1v) is 53.1. The quantitative estimate of drug-likeness (QED) is 0.0723. The Morgan fingerprint density at radius 3 is 1.06 bits per heavy atom. The third-order valence-corrected chi connectivity index (χ3v) is 33.2. The van der Waals surface area contributed by atoms with E-state index in [0.29, 0.717) is 83.8 Å². The van der Waals surface area contributed by atoms with Gasteiger partial charge in [0.05, 0.1) is 4.90 Å². The number of aromatic nitrogens is 2. The molecule has 17 nitrogen and oxygen atoms in total. The molecule has 0 spiro atoms. The summed E-state index contributed by atoms with van der Waals surface area (Å²) in [7, 11) is -1.18. The number of rotatable bonds is 11. The normalized spacial score (nSPS) is 23.5. The van der Waals surface area contributed by atoms with Crippen LogP contribution in [0.2, 0.25) is 0 Å². The summed E-state index contributed by atoms with van der Waals surface area (Å²) in [5.41, 5.74) is 30.8. The zero-order valence-electron chi connectivity index (χ0n) is 82.0. The second-order valence-electron chi connectivity index (χ2n) is 41.3. The second-order valence-corrected chi connectivity index (χ2v) is 43.3. The number of amides is 1. The lowest BCUT2D eigenvalue weighted by atomic mass is 9.91. The SMILES string of the molecule is Cc1ccc2c(c1)[C@@H]1CN(C(=O)c3ccccc3)CCC[C@H]1N2.Cc1ccc2c(c1)[C@@H]1CN(C)CCC[C@H]1N2.Cc1ccc2c(c1)[C@@H]1CN(Cc3ccccc3)CCC[C@H]1N2.Cc1ccc2c(c1)[C@@H]1CN(S(=O)(=O)c3ccccc3)CCC[C@H]1N2.Fc1cccc(-c2ccc3c(c2)[C@@H]2CN(Cc4ccccc4)CCC[C@H]2N3)c1.c1ccc(CN2CCC[C@H]3Nc4ccc(-c5cncnc5)cc4[C@@H]3C2)cc1. The van der Waals surface area contributed by atoms with Gasteiger partial charge in [-0.2, -0.15) is 4.31 Å². The fourth-order valence-electron chi connectivity index (χ4n) is 24.3. The minimum atomic E-state index is -3.43. The Bertz CT molecular complexity index is 6510. The Morgan fingerprint density at radius 1 is 0.329 bits per heavy atom. The lowest BCUT2D eigenvalue weighted by Crippen LogP contribution is -2.35. The third kappa shape index (κ3) is 22.3. The molecule has 19 heteroatoms. The van der Waals surface area contributed by atoms with E-state index in [0.717, 1.165) is 106 Å². The van der Waals surface area contributed by atoms with E-state index in [4.69, 9.17) is 0 Å². The molecular formula is C121H137FN14O3S. The van der Waals surface area contributed by atoms with Gasteiger partial charge in [0, 0.05) is 201 Å². The number of hydrogen-bond donors (Lipinski definition) is 6. The molecule has 0 unspecified atom stereocenters. The molecule has 1 aromatic heterocycles. The van der Waals surface area contributed by atoms with E-state index in [1.54, 1.807) is 52.6 Å².